The zero-order chi connectivity index (χ0) is 26.7. The maximum Gasteiger partial charge on any atom is 0.352 e. The Kier molecular flexibility index (Phi) is 7.56. The van der Waals surface area contributed by atoms with Crippen molar-refractivity contribution in [3.8, 4) is 0 Å². The number of hydrogen-bond donors (Lipinski definition) is 2. The Labute approximate surface area is 213 Å². The molecule has 1 atom stereocenters. The highest BCUT2D eigenvalue weighted by Crippen LogP contribution is 2.15. The van der Waals surface area contributed by atoms with E-state index in [0.717, 1.165) is 16.7 Å². The van der Waals surface area contributed by atoms with Gasteiger partial charge in [-0.25, -0.2) is 13.9 Å². The van der Waals surface area contributed by atoms with Crippen molar-refractivity contribution >= 4 is 28.5 Å². The predicted molar refractivity (Wildman–Crippen MR) is 142 cm³/mol. The van der Waals surface area contributed by atoms with Crippen LogP contribution in [0.25, 0.3) is 16.7 Å². The minimum Gasteiger partial charge on any atom is -0.352 e. The second-order valence-electron chi connectivity index (χ2n) is 9.67. The highest BCUT2D eigenvalue weighted by molar-refractivity contribution is 5.98. The molecule has 0 fully saturated rings. The Balaban J connectivity index is 1.90. The topological polar surface area (TPSA) is 120 Å². The molecule has 2 aromatic carbocycles. The second-order valence-corrected chi connectivity index (χ2v) is 9.67. The molecule has 2 N–H and O–H groups in total. The Morgan fingerprint density at radius 2 is 1.76 bits per heavy atom. The lowest BCUT2D eigenvalue weighted by Crippen LogP contribution is -2.37. The van der Waals surface area contributed by atoms with Crippen molar-refractivity contribution in [3.05, 3.63) is 80.5 Å². The van der Waals surface area contributed by atoms with E-state index < -0.39 is 5.69 Å². The zero-order valence-corrected chi connectivity index (χ0v) is 21.5. The van der Waals surface area contributed by atoms with Crippen LogP contribution in [-0.4, -0.2) is 43.1 Å². The van der Waals surface area contributed by atoms with Crippen LogP contribution in [0.2, 0.25) is 0 Å². The quantitative estimate of drug-likeness (QED) is 0.362. The summed E-state index contributed by atoms with van der Waals surface area (Å²) in [5, 5.41) is 10.4. The Morgan fingerprint density at radius 3 is 2.43 bits per heavy atom. The molecule has 37 heavy (non-hydrogen) atoms. The largest absolute Gasteiger partial charge is 0.352 e. The normalized spacial score (nSPS) is 12.2. The fraction of sp³-hybridized carbons (Fsp3) is 0.370. The van der Waals surface area contributed by atoms with Gasteiger partial charge in [-0.2, -0.15) is 0 Å². The molecule has 10 nitrogen and oxygen atoms in total. The van der Waals surface area contributed by atoms with Gasteiger partial charge in [-0.3, -0.25) is 19.0 Å². The number of nitrogens with one attached hydrogen (secondary N) is 2. The number of hydrogen-bond acceptors (Lipinski definition) is 5. The van der Waals surface area contributed by atoms with Crippen LogP contribution in [0, 0.1) is 5.92 Å². The lowest BCUT2D eigenvalue weighted by atomic mass is 10.1. The number of nitrogens with zero attached hydrogens (tertiary/aromatic N) is 4. The lowest BCUT2D eigenvalue weighted by Gasteiger charge is -2.11. The molecule has 4 rings (SSSR count). The Morgan fingerprint density at radius 1 is 1.03 bits per heavy atom. The summed E-state index contributed by atoms with van der Waals surface area (Å²) < 4.78 is 3.77. The monoisotopic (exact) mass is 504 g/mol. The summed E-state index contributed by atoms with van der Waals surface area (Å²) in [5.41, 5.74) is 0.526. The van der Waals surface area contributed by atoms with Crippen molar-refractivity contribution in [2.24, 2.45) is 5.92 Å². The van der Waals surface area contributed by atoms with Crippen LogP contribution < -0.4 is 21.9 Å². The van der Waals surface area contributed by atoms with Gasteiger partial charge in [-0.05, 0) is 43.0 Å². The Hall–Kier alpha value is -4.21. The summed E-state index contributed by atoms with van der Waals surface area (Å²) in [6, 6.07) is 14.0. The van der Waals surface area contributed by atoms with Gasteiger partial charge < -0.3 is 10.6 Å². The number of carbonyl (C=O) groups excluding carboxylic acids is 2. The maximum atomic E-state index is 13.6. The van der Waals surface area contributed by atoms with Gasteiger partial charge in [0.05, 0.1) is 17.4 Å². The number of benzene rings is 2. The summed E-state index contributed by atoms with van der Waals surface area (Å²) in [7, 11) is 0. The molecule has 2 amide bonds. The van der Waals surface area contributed by atoms with Gasteiger partial charge in [-0.1, -0.05) is 51.1 Å². The smallest absolute Gasteiger partial charge is 0.352 e. The molecular formula is C27H32N6O4. The van der Waals surface area contributed by atoms with E-state index in [0.29, 0.717) is 12.1 Å². The van der Waals surface area contributed by atoms with Crippen LogP contribution in [-0.2, 0) is 17.9 Å². The third kappa shape index (κ3) is 5.47. The highest BCUT2D eigenvalue weighted by Gasteiger charge is 2.20. The molecule has 0 spiro atoms. The van der Waals surface area contributed by atoms with E-state index in [-0.39, 0.29) is 59.1 Å². The lowest BCUT2D eigenvalue weighted by molar-refractivity contribution is -0.122. The van der Waals surface area contributed by atoms with Crippen molar-refractivity contribution in [2.45, 2.75) is 53.2 Å². The van der Waals surface area contributed by atoms with Crippen LogP contribution in [0.15, 0.2) is 58.1 Å². The van der Waals surface area contributed by atoms with Crippen LogP contribution >= 0.6 is 0 Å². The third-order valence-corrected chi connectivity index (χ3v) is 6.21. The van der Waals surface area contributed by atoms with Gasteiger partial charge in [0.1, 0.15) is 6.54 Å². The summed E-state index contributed by atoms with van der Waals surface area (Å²) in [6.45, 7) is 8.20. The van der Waals surface area contributed by atoms with Gasteiger partial charge in [-0.15, -0.1) is 5.10 Å². The summed E-state index contributed by atoms with van der Waals surface area (Å²) >= 11 is 0. The van der Waals surface area contributed by atoms with E-state index in [4.69, 9.17) is 0 Å². The summed E-state index contributed by atoms with van der Waals surface area (Å²) in [5.74, 6) is -0.286. The first-order valence-corrected chi connectivity index (χ1v) is 12.5. The van der Waals surface area contributed by atoms with Gasteiger partial charge in [0.25, 0.3) is 11.5 Å². The molecule has 0 aliphatic heterocycles. The minimum absolute atomic E-state index is 0.0516. The average molecular weight is 505 g/mol. The van der Waals surface area contributed by atoms with Crippen LogP contribution in [0.3, 0.4) is 0 Å². The third-order valence-electron chi connectivity index (χ3n) is 6.21. The number of aromatic nitrogens is 4. The second kappa shape index (κ2) is 10.8. The summed E-state index contributed by atoms with van der Waals surface area (Å²) in [4.78, 5) is 52.4. The number of fused-ring (bicyclic) bond motifs is 3. The molecule has 2 aromatic heterocycles. The molecule has 0 saturated heterocycles. The standard InChI is InChI=1S/C27H32N6O4/c1-5-18(4)29-23(34)16-32-27(37)33-22-13-20(24(35)28-14-17(2)3)11-12-21(22)25(36)31(26(33)30-32)15-19-9-7-6-8-10-19/h6-13,17-18H,5,14-16H2,1-4H3,(H,28,35)(H,29,34). The first-order chi connectivity index (χ1) is 17.7. The number of rotatable bonds is 9. The average Bonchev–Trinajstić information content (AvgIpc) is 3.20. The molecular weight excluding hydrogens is 472 g/mol. The summed E-state index contributed by atoms with van der Waals surface area (Å²) in [6.07, 6.45) is 0.745. The first-order valence-electron chi connectivity index (χ1n) is 12.5. The van der Waals surface area contributed by atoms with E-state index in [1.54, 1.807) is 12.1 Å². The van der Waals surface area contributed by atoms with Crippen LogP contribution in [0.4, 0.5) is 0 Å². The van der Waals surface area contributed by atoms with Gasteiger partial charge in [0.2, 0.25) is 11.7 Å². The van der Waals surface area contributed by atoms with Crippen LogP contribution in [0.5, 0.6) is 0 Å². The van der Waals surface area contributed by atoms with E-state index in [1.165, 1.54) is 15.0 Å². The number of amides is 2. The van der Waals surface area contributed by atoms with Crippen molar-refractivity contribution in [3.63, 3.8) is 0 Å². The highest BCUT2D eigenvalue weighted by atomic mass is 16.2. The molecule has 1 unspecified atom stereocenters. The molecule has 0 radical (unpaired) electrons. The zero-order valence-electron chi connectivity index (χ0n) is 21.5. The molecule has 0 saturated carbocycles. The van der Waals surface area contributed by atoms with Gasteiger partial charge >= 0.3 is 5.69 Å². The molecule has 2 heterocycles. The molecule has 10 heteroatoms. The predicted octanol–water partition coefficient (Wildman–Crippen LogP) is 2.16. The van der Waals surface area contributed by atoms with E-state index in [2.05, 4.69) is 15.7 Å². The first kappa shape index (κ1) is 25.9. The van der Waals surface area contributed by atoms with Crippen LogP contribution in [0.1, 0.15) is 50.0 Å². The van der Waals surface area contributed by atoms with Crippen molar-refractivity contribution < 1.29 is 9.59 Å². The Bertz CT molecular complexity index is 1570. The fourth-order valence-corrected chi connectivity index (χ4v) is 4.03. The van der Waals surface area contributed by atoms with Crippen molar-refractivity contribution in [1.29, 1.82) is 0 Å². The molecule has 0 aliphatic carbocycles. The van der Waals surface area contributed by atoms with Gasteiger partial charge in [0.15, 0.2) is 0 Å². The van der Waals surface area contributed by atoms with Crippen molar-refractivity contribution in [2.75, 3.05) is 6.54 Å². The number of carbonyl (C=O) groups is 2. The molecule has 194 valence electrons. The van der Waals surface area contributed by atoms with Gasteiger partial charge in [0, 0.05) is 18.2 Å². The minimum atomic E-state index is -0.569. The maximum absolute atomic E-state index is 13.6. The van der Waals surface area contributed by atoms with Crippen molar-refractivity contribution in [1.82, 2.24) is 29.4 Å². The SMILES string of the molecule is CCC(C)NC(=O)Cn1nc2n(Cc3ccccc3)c(=O)c3ccc(C(=O)NCC(C)C)cc3n2c1=O. The van der Waals surface area contributed by atoms with E-state index in [9.17, 15) is 19.2 Å². The fourth-order valence-electron chi connectivity index (χ4n) is 4.03. The molecule has 0 aliphatic rings. The van der Waals surface area contributed by atoms with E-state index >= 15 is 0 Å². The van der Waals surface area contributed by atoms with E-state index in [1.807, 2.05) is 58.0 Å². The molecule has 4 aromatic rings. The molecule has 0 bridgehead atoms.